The summed E-state index contributed by atoms with van der Waals surface area (Å²) in [4.78, 5) is 0. The van der Waals surface area contributed by atoms with E-state index in [9.17, 15) is 8.42 Å². The second-order valence-electron chi connectivity index (χ2n) is 3.45. The van der Waals surface area contributed by atoms with Crippen molar-refractivity contribution < 1.29 is 13.5 Å². The van der Waals surface area contributed by atoms with E-state index in [-0.39, 0.29) is 16.9 Å². The van der Waals surface area contributed by atoms with E-state index in [1.54, 1.807) is 13.0 Å². The van der Waals surface area contributed by atoms with Crippen LogP contribution in [0, 0.1) is 0 Å². The summed E-state index contributed by atoms with van der Waals surface area (Å²) in [5, 5.41) is 8.64. The molecule has 2 N–H and O–H groups in total. The number of aliphatic hydroxyl groups excluding tert-OH is 1. The number of hydrogen-bond acceptors (Lipinski definition) is 4. The Morgan fingerprint density at radius 3 is 2.75 bits per heavy atom. The molecule has 0 amide bonds. The van der Waals surface area contributed by atoms with E-state index in [1.807, 2.05) is 0 Å². The van der Waals surface area contributed by atoms with Gasteiger partial charge in [0.05, 0.1) is 4.34 Å². The number of sulfonamides is 1. The standard InChI is InChI=1S/C9H14ClNO3S2/c1-7(3-2-6-12)11-16(13,14)9-5-4-8(10)15-9/h4-5,7,11-12H,2-3,6H2,1H3. The smallest absolute Gasteiger partial charge is 0.250 e. The van der Waals surface area contributed by atoms with Gasteiger partial charge in [0.15, 0.2) is 0 Å². The van der Waals surface area contributed by atoms with E-state index in [0.717, 1.165) is 11.3 Å². The Hall–Kier alpha value is -0.140. The summed E-state index contributed by atoms with van der Waals surface area (Å²) >= 11 is 6.71. The molecular weight excluding hydrogens is 270 g/mol. The highest BCUT2D eigenvalue weighted by Crippen LogP contribution is 2.25. The van der Waals surface area contributed by atoms with E-state index in [2.05, 4.69) is 4.72 Å². The molecule has 0 bridgehead atoms. The molecule has 4 nitrogen and oxygen atoms in total. The van der Waals surface area contributed by atoms with E-state index < -0.39 is 10.0 Å². The lowest BCUT2D eigenvalue weighted by atomic mass is 10.2. The normalized spacial score (nSPS) is 13.9. The third-order valence-electron chi connectivity index (χ3n) is 1.96. The minimum Gasteiger partial charge on any atom is -0.396 e. The average Bonchev–Trinajstić information content (AvgIpc) is 2.62. The molecule has 16 heavy (non-hydrogen) atoms. The maximum absolute atomic E-state index is 11.8. The van der Waals surface area contributed by atoms with Crippen molar-refractivity contribution in [3.63, 3.8) is 0 Å². The molecule has 0 aromatic carbocycles. The zero-order valence-corrected chi connectivity index (χ0v) is 11.2. The summed E-state index contributed by atoms with van der Waals surface area (Å²) in [5.41, 5.74) is 0. The van der Waals surface area contributed by atoms with Gasteiger partial charge in [-0.25, -0.2) is 13.1 Å². The van der Waals surface area contributed by atoms with Crippen LogP contribution >= 0.6 is 22.9 Å². The van der Waals surface area contributed by atoms with Crippen molar-refractivity contribution in [2.45, 2.75) is 30.0 Å². The molecule has 1 aromatic rings. The lowest BCUT2D eigenvalue weighted by molar-refractivity contribution is 0.279. The quantitative estimate of drug-likeness (QED) is 0.837. The number of aliphatic hydroxyl groups is 1. The predicted molar refractivity (Wildman–Crippen MR) is 65.4 cm³/mol. The van der Waals surface area contributed by atoms with Crippen molar-refractivity contribution in [1.29, 1.82) is 0 Å². The van der Waals surface area contributed by atoms with Gasteiger partial charge in [0.1, 0.15) is 4.21 Å². The van der Waals surface area contributed by atoms with Gasteiger partial charge in [-0.3, -0.25) is 0 Å². The van der Waals surface area contributed by atoms with Gasteiger partial charge >= 0.3 is 0 Å². The summed E-state index contributed by atoms with van der Waals surface area (Å²) in [5.74, 6) is 0. The fraction of sp³-hybridized carbons (Fsp3) is 0.556. The van der Waals surface area contributed by atoms with E-state index >= 15 is 0 Å². The van der Waals surface area contributed by atoms with Crippen LogP contribution in [-0.2, 0) is 10.0 Å². The molecule has 92 valence electrons. The second kappa shape index (κ2) is 5.97. The molecule has 0 aliphatic rings. The molecule has 1 aromatic heterocycles. The van der Waals surface area contributed by atoms with Crippen LogP contribution in [0.15, 0.2) is 16.3 Å². The maximum atomic E-state index is 11.8. The monoisotopic (exact) mass is 283 g/mol. The molecule has 1 unspecified atom stereocenters. The van der Waals surface area contributed by atoms with Gasteiger partial charge in [0, 0.05) is 12.6 Å². The van der Waals surface area contributed by atoms with E-state index in [0.29, 0.717) is 17.2 Å². The predicted octanol–water partition coefficient (Wildman–Crippen LogP) is 1.84. The van der Waals surface area contributed by atoms with Crippen LogP contribution < -0.4 is 4.72 Å². The highest BCUT2D eigenvalue weighted by molar-refractivity contribution is 7.91. The van der Waals surface area contributed by atoms with Crippen LogP contribution in [0.4, 0.5) is 0 Å². The molecule has 1 heterocycles. The summed E-state index contributed by atoms with van der Waals surface area (Å²) in [6, 6.07) is 2.84. The van der Waals surface area contributed by atoms with Crippen LogP contribution in [0.25, 0.3) is 0 Å². The summed E-state index contributed by atoms with van der Waals surface area (Å²) in [7, 11) is -3.47. The second-order valence-corrected chi connectivity index (χ2v) is 7.10. The summed E-state index contributed by atoms with van der Waals surface area (Å²) < 4.78 is 26.8. The number of nitrogens with one attached hydrogen (secondary N) is 1. The summed E-state index contributed by atoms with van der Waals surface area (Å²) in [6.45, 7) is 1.83. The van der Waals surface area contributed by atoms with Crippen molar-refractivity contribution >= 4 is 33.0 Å². The highest BCUT2D eigenvalue weighted by Gasteiger charge is 2.18. The van der Waals surface area contributed by atoms with Crippen molar-refractivity contribution in [3.05, 3.63) is 16.5 Å². The third kappa shape index (κ3) is 4.03. The molecular formula is C9H14ClNO3S2. The fourth-order valence-corrected chi connectivity index (χ4v) is 4.00. The highest BCUT2D eigenvalue weighted by atomic mass is 35.5. The Morgan fingerprint density at radius 1 is 1.56 bits per heavy atom. The minimum absolute atomic E-state index is 0.0664. The number of thiophene rings is 1. The molecule has 0 fully saturated rings. The molecule has 0 aliphatic carbocycles. The zero-order valence-electron chi connectivity index (χ0n) is 8.81. The number of rotatable bonds is 6. The Balaban J connectivity index is 2.65. The first-order valence-corrected chi connectivity index (χ1v) is 7.52. The molecule has 0 radical (unpaired) electrons. The largest absolute Gasteiger partial charge is 0.396 e. The zero-order chi connectivity index (χ0) is 12.2. The number of hydrogen-bond donors (Lipinski definition) is 2. The molecule has 7 heteroatoms. The van der Waals surface area contributed by atoms with Crippen LogP contribution in [-0.4, -0.2) is 26.2 Å². The lowest BCUT2D eigenvalue weighted by Gasteiger charge is -2.12. The van der Waals surface area contributed by atoms with Gasteiger partial charge in [-0.1, -0.05) is 11.6 Å². The third-order valence-corrected chi connectivity index (χ3v) is 5.28. The average molecular weight is 284 g/mol. The molecule has 1 rings (SSSR count). The van der Waals surface area contributed by atoms with Crippen LogP contribution in [0.5, 0.6) is 0 Å². The molecule has 0 aliphatic heterocycles. The van der Waals surface area contributed by atoms with E-state index in [4.69, 9.17) is 16.7 Å². The fourth-order valence-electron chi connectivity index (χ4n) is 1.22. The van der Waals surface area contributed by atoms with Crippen molar-refractivity contribution in [3.8, 4) is 0 Å². The molecule has 0 saturated heterocycles. The Labute approximate surface area is 104 Å². The van der Waals surface area contributed by atoms with Gasteiger partial charge in [0.2, 0.25) is 10.0 Å². The van der Waals surface area contributed by atoms with Gasteiger partial charge in [-0.15, -0.1) is 11.3 Å². The van der Waals surface area contributed by atoms with Crippen molar-refractivity contribution in [2.24, 2.45) is 0 Å². The Bertz CT molecular complexity index is 430. The van der Waals surface area contributed by atoms with Gasteiger partial charge in [-0.2, -0.15) is 0 Å². The van der Waals surface area contributed by atoms with E-state index in [1.165, 1.54) is 6.07 Å². The lowest BCUT2D eigenvalue weighted by Crippen LogP contribution is -2.32. The van der Waals surface area contributed by atoms with Crippen LogP contribution in [0.3, 0.4) is 0 Å². The SMILES string of the molecule is CC(CCCO)NS(=O)(=O)c1ccc(Cl)s1. The minimum atomic E-state index is -3.47. The van der Waals surface area contributed by atoms with Gasteiger partial charge in [-0.05, 0) is 31.9 Å². The van der Waals surface area contributed by atoms with Gasteiger partial charge < -0.3 is 5.11 Å². The number of halogens is 1. The Kier molecular flexibility index (Phi) is 5.20. The first kappa shape index (κ1) is 13.9. The van der Waals surface area contributed by atoms with Crippen molar-refractivity contribution in [2.75, 3.05) is 6.61 Å². The van der Waals surface area contributed by atoms with Gasteiger partial charge in [0.25, 0.3) is 0 Å². The first-order valence-electron chi connectivity index (χ1n) is 4.84. The summed E-state index contributed by atoms with van der Waals surface area (Å²) in [6.07, 6.45) is 1.18. The Morgan fingerprint density at radius 2 is 2.25 bits per heavy atom. The first-order chi connectivity index (χ1) is 7.45. The van der Waals surface area contributed by atoms with Crippen LogP contribution in [0.1, 0.15) is 19.8 Å². The maximum Gasteiger partial charge on any atom is 0.250 e. The molecule has 0 saturated carbocycles. The topological polar surface area (TPSA) is 66.4 Å². The van der Waals surface area contributed by atoms with Crippen LogP contribution in [0.2, 0.25) is 4.34 Å². The molecule has 0 spiro atoms. The molecule has 1 atom stereocenters. The van der Waals surface area contributed by atoms with Crippen molar-refractivity contribution in [1.82, 2.24) is 4.72 Å².